The van der Waals surface area contributed by atoms with Crippen LogP contribution in [0, 0.1) is 0 Å². The normalized spacial score (nSPS) is 10.5. The van der Waals surface area contributed by atoms with E-state index < -0.39 is 0 Å². The molecule has 0 aliphatic carbocycles. The van der Waals surface area contributed by atoms with Gasteiger partial charge in [0.1, 0.15) is 4.47 Å². The summed E-state index contributed by atoms with van der Waals surface area (Å²) in [5.74, 6) is 0. The summed E-state index contributed by atoms with van der Waals surface area (Å²) in [6.45, 7) is 0.655. The summed E-state index contributed by atoms with van der Waals surface area (Å²) in [4.78, 5) is 12.9. The standard InChI is InChI=1S/C13H14BrN3OS/c1-17-13(18)12(14)11(8-16-17)15-7-9-3-5-10(19-2)6-4-9/h3-6,8,15H,7H2,1-2H3. The number of aryl methyl sites for hydroxylation is 1. The molecule has 0 saturated carbocycles. The molecule has 0 aliphatic heterocycles. The molecule has 0 saturated heterocycles. The quantitative estimate of drug-likeness (QED) is 0.870. The maximum atomic E-state index is 11.7. The summed E-state index contributed by atoms with van der Waals surface area (Å²) in [7, 11) is 1.62. The smallest absolute Gasteiger partial charge is 0.282 e. The molecule has 0 amide bonds. The number of benzene rings is 1. The van der Waals surface area contributed by atoms with Gasteiger partial charge in [-0.15, -0.1) is 11.8 Å². The fourth-order valence-corrected chi connectivity index (χ4v) is 2.48. The number of anilines is 1. The minimum Gasteiger partial charge on any atom is -0.379 e. The molecule has 6 heteroatoms. The van der Waals surface area contributed by atoms with E-state index in [2.05, 4.69) is 56.9 Å². The molecule has 100 valence electrons. The topological polar surface area (TPSA) is 46.9 Å². The minimum absolute atomic E-state index is 0.150. The van der Waals surface area contributed by atoms with Gasteiger partial charge < -0.3 is 5.32 Å². The van der Waals surface area contributed by atoms with Crippen LogP contribution < -0.4 is 10.9 Å². The van der Waals surface area contributed by atoms with Crippen molar-refractivity contribution in [2.75, 3.05) is 11.6 Å². The van der Waals surface area contributed by atoms with Crippen LogP contribution in [0.2, 0.25) is 0 Å². The first-order valence-electron chi connectivity index (χ1n) is 5.70. The van der Waals surface area contributed by atoms with Crippen LogP contribution in [0.25, 0.3) is 0 Å². The van der Waals surface area contributed by atoms with Crippen molar-refractivity contribution >= 4 is 33.4 Å². The van der Waals surface area contributed by atoms with Crippen LogP contribution in [-0.4, -0.2) is 16.0 Å². The Morgan fingerprint density at radius 2 is 2.05 bits per heavy atom. The van der Waals surface area contributed by atoms with Gasteiger partial charge in [-0.1, -0.05) is 12.1 Å². The number of rotatable bonds is 4. The Hall–Kier alpha value is -1.27. The fourth-order valence-electron chi connectivity index (χ4n) is 1.57. The number of hydrogen-bond donors (Lipinski definition) is 1. The molecular formula is C13H14BrN3OS. The molecule has 1 heterocycles. The van der Waals surface area contributed by atoms with E-state index in [-0.39, 0.29) is 5.56 Å². The van der Waals surface area contributed by atoms with Gasteiger partial charge in [0.2, 0.25) is 0 Å². The number of thioether (sulfide) groups is 1. The second-order valence-electron chi connectivity index (χ2n) is 4.00. The molecule has 2 rings (SSSR count). The van der Waals surface area contributed by atoms with E-state index in [0.29, 0.717) is 16.7 Å². The lowest BCUT2D eigenvalue weighted by atomic mass is 10.2. The average molecular weight is 340 g/mol. The predicted octanol–water partition coefficient (Wildman–Crippen LogP) is 2.88. The maximum Gasteiger partial charge on any atom is 0.282 e. The van der Waals surface area contributed by atoms with Crippen LogP contribution in [0.3, 0.4) is 0 Å². The molecule has 0 bridgehead atoms. The van der Waals surface area contributed by atoms with E-state index in [1.165, 1.54) is 9.58 Å². The Bertz CT molecular complexity index is 625. The molecule has 2 aromatic rings. The Labute approximate surface area is 124 Å². The van der Waals surface area contributed by atoms with Crippen LogP contribution >= 0.6 is 27.7 Å². The highest BCUT2D eigenvalue weighted by Gasteiger charge is 2.06. The van der Waals surface area contributed by atoms with Gasteiger partial charge in [-0.2, -0.15) is 5.10 Å². The lowest BCUT2D eigenvalue weighted by Crippen LogP contribution is -2.21. The van der Waals surface area contributed by atoms with Crippen molar-refractivity contribution in [3.8, 4) is 0 Å². The first-order chi connectivity index (χ1) is 9.11. The fraction of sp³-hybridized carbons (Fsp3) is 0.231. The molecule has 0 spiro atoms. The van der Waals surface area contributed by atoms with Crippen molar-refractivity contribution in [3.63, 3.8) is 0 Å². The van der Waals surface area contributed by atoms with Crippen molar-refractivity contribution in [2.24, 2.45) is 7.05 Å². The monoisotopic (exact) mass is 339 g/mol. The second kappa shape index (κ2) is 6.25. The molecule has 0 atom stereocenters. The van der Waals surface area contributed by atoms with E-state index in [0.717, 1.165) is 5.56 Å². The summed E-state index contributed by atoms with van der Waals surface area (Å²) in [6, 6.07) is 8.31. The van der Waals surface area contributed by atoms with E-state index >= 15 is 0 Å². The van der Waals surface area contributed by atoms with Crippen LogP contribution in [0.4, 0.5) is 5.69 Å². The number of nitrogens with one attached hydrogen (secondary N) is 1. The molecule has 4 nitrogen and oxygen atoms in total. The average Bonchev–Trinajstić information content (AvgIpc) is 2.45. The number of aromatic nitrogens is 2. The van der Waals surface area contributed by atoms with Gasteiger partial charge in [-0.3, -0.25) is 4.79 Å². The van der Waals surface area contributed by atoms with Crippen LogP contribution in [0.5, 0.6) is 0 Å². The molecule has 0 unspecified atom stereocenters. The van der Waals surface area contributed by atoms with Gasteiger partial charge in [0.25, 0.3) is 5.56 Å². The highest BCUT2D eigenvalue weighted by Crippen LogP contribution is 2.18. The summed E-state index contributed by atoms with van der Waals surface area (Å²) in [5.41, 5.74) is 1.71. The minimum atomic E-state index is -0.150. The van der Waals surface area contributed by atoms with Gasteiger partial charge in [0, 0.05) is 18.5 Å². The van der Waals surface area contributed by atoms with Gasteiger partial charge in [0.05, 0.1) is 11.9 Å². The lowest BCUT2D eigenvalue weighted by Gasteiger charge is -2.09. The third-order valence-electron chi connectivity index (χ3n) is 2.72. The summed E-state index contributed by atoms with van der Waals surface area (Å²) >= 11 is 5.00. The van der Waals surface area contributed by atoms with Gasteiger partial charge >= 0.3 is 0 Å². The molecule has 19 heavy (non-hydrogen) atoms. The third kappa shape index (κ3) is 3.39. The number of nitrogens with zero attached hydrogens (tertiary/aromatic N) is 2. The van der Waals surface area contributed by atoms with Gasteiger partial charge in [-0.05, 0) is 39.9 Å². The Kier molecular flexibility index (Phi) is 4.66. The zero-order chi connectivity index (χ0) is 13.8. The van der Waals surface area contributed by atoms with Gasteiger partial charge in [0.15, 0.2) is 0 Å². The number of halogens is 1. The second-order valence-corrected chi connectivity index (χ2v) is 5.68. The van der Waals surface area contributed by atoms with Crippen molar-refractivity contribution in [1.29, 1.82) is 0 Å². The molecule has 0 radical (unpaired) electrons. The molecule has 0 aliphatic rings. The molecule has 1 aromatic heterocycles. The predicted molar refractivity (Wildman–Crippen MR) is 82.7 cm³/mol. The maximum absolute atomic E-state index is 11.7. The van der Waals surface area contributed by atoms with E-state index in [1.807, 2.05) is 0 Å². The van der Waals surface area contributed by atoms with Crippen LogP contribution in [0.1, 0.15) is 5.56 Å². The SMILES string of the molecule is CSc1ccc(CNc2cnn(C)c(=O)c2Br)cc1. The third-order valence-corrected chi connectivity index (χ3v) is 4.23. The van der Waals surface area contributed by atoms with Crippen molar-refractivity contribution in [1.82, 2.24) is 9.78 Å². The zero-order valence-electron chi connectivity index (χ0n) is 10.7. The van der Waals surface area contributed by atoms with E-state index in [9.17, 15) is 4.79 Å². The summed E-state index contributed by atoms with van der Waals surface area (Å²) in [5, 5.41) is 7.19. The Morgan fingerprint density at radius 3 is 2.68 bits per heavy atom. The highest BCUT2D eigenvalue weighted by atomic mass is 79.9. The Morgan fingerprint density at radius 1 is 1.37 bits per heavy atom. The largest absolute Gasteiger partial charge is 0.379 e. The zero-order valence-corrected chi connectivity index (χ0v) is 13.1. The van der Waals surface area contributed by atoms with E-state index in [4.69, 9.17) is 0 Å². The van der Waals surface area contributed by atoms with Crippen molar-refractivity contribution in [2.45, 2.75) is 11.4 Å². The molecule has 1 aromatic carbocycles. The van der Waals surface area contributed by atoms with Crippen molar-refractivity contribution in [3.05, 3.63) is 50.9 Å². The first-order valence-corrected chi connectivity index (χ1v) is 7.72. The van der Waals surface area contributed by atoms with Crippen molar-refractivity contribution < 1.29 is 0 Å². The summed E-state index contributed by atoms with van der Waals surface area (Å²) < 4.78 is 1.80. The highest BCUT2D eigenvalue weighted by molar-refractivity contribution is 9.10. The molecule has 0 fully saturated rings. The Balaban J connectivity index is 2.10. The van der Waals surface area contributed by atoms with E-state index in [1.54, 1.807) is 25.0 Å². The first kappa shape index (κ1) is 14.1. The lowest BCUT2D eigenvalue weighted by molar-refractivity contribution is 0.703. The van der Waals surface area contributed by atoms with Crippen LogP contribution in [0.15, 0.2) is 44.6 Å². The molecular weight excluding hydrogens is 326 g/mol. The summed E-state index contributed by atoms with van der Waals surface area (Å²) in [6.07, 6.45) is 3.69. The molecule has 1 N–H and O–H groups in total. The number of hydrogen-bond acceptors (Lipinski definition) is 4. The van der Waals surface area contributed by atoms with Crippen LogP contribution in [-0.2, 0) is 13.6 Å². The van der Waals surface area contributed by atoms with Gasteiger partial charge in [-0.25, -0.2) is 4.68 Å².